The molecule has 160 valence electrons. The van der Waals surface area contributed by atoms with E-state index in [2.05, 4.69) is 34.4 Å². The molecule has 0 aliphatic carbocycles. The fourth-order valence-electron chi connectivity index (χ4n) is 3.74. The van der Waals surface area contributed by atoms with Crippen molar-refractivity contribution in [2.75, 3.05) is 37.0 Å². The maximum absolute atomic E-state index is 5.27. The van der Waals surface area contributed by atoms with Crippen LogP contribution in [-0.4, -0.2) is 63.6 Å². The van der Waals surface area contributed by atoms with E-state index in [-0.39, 0.29) is 0 Å². The number of pyridine rings is 1. The molecular weight excluding hydrogens is 380 g/mol. The van der Waals surface area contributed by atoms with Gasteiger partial charge in [0.1, 0.15) is 16.9 Å². The van der Waals surface area contributed by atoms with Gasteiger partial charge in [0.2, 0.25) is 5.95 Å². The normalized spacial score (nSPS) is 19.4. The van der Waals surface area contributed by atoms with Crippen LogP contribution in [0.4, 0.5) is 17.6 Å². The van der Waals surface area contributed by atoms with Gasteiger partial charge in [-0.25, -0.2) is 9.97 Å². The summed E-state index contributed by atoms with van der Waals surface area (Å²) in [5, 5.41) is 11.6. The zero-order chi connectivity index (χ0) is 21.3. The van der Waals surface area contributed by atoms with Crippen LogP contribution >= 0.6 is 0 Å². The Morgan fingerprint density at radius 1 is 1.23 bits per heavy atom. The molecule has 9 nitrogen and oxygen atoms in total. The van der Waals surface area contributed by atoms with Gasteiger partial charge < -0.3 is 20.3 Å². The van der Waals surface area contributed by atoms with Crippen LogP contribution in [0.3, 0.4) is 0 Å². The largest absolute Gasteiger partial charge is 0.383 e. The molecule has 0 amide bonds. The molecule has 30 heavy (non-hydrogen) atoms. The van der Waals surface area contributed by atoms with Gasteiger partial charge in [-0.1, -0.05) is 6.07 Å². The Bertz CT molecular complexity index is 1020. The van der Waals surface area contributed by atoms with E-state index in [1.54, 1.807) is 7.11 Å². The number of aromatic nitrogens is 5. The van der Waals surface area contributed by atoms with Gasteiger partial charge in [0.05, 0.1) is 18.8 Å². The molecular formula is C21H30N8O. The monoisotopic (exact) mass is 410 g/mol. The Balaban J connectivity index is 1.82. The van der Waals surface area contributed by atoms with E-state index in [0.717, 1.165) is 41.2 Å². The minimum atomic E-state index is 0.299. The number of rotatable bonds is 6. The summed E-state index contributed by atoms with van der Waals surface area (Å²) < 4.78 is 7.19. The third-order valence-electron chi connectivity index (χ3n) is 5.43. The first-order valence-electron chi connectivity index (χ1n) is 10.4. The molecule has 2 N–H and O–H groups in total. The summed E-state index contributed by atoms with van der Waals surface area (Å²) >= 11 is 0. The van der Waals surface area contributed by atoms with E-state index < -0.39 is 0 Å². The minimum Gasteiger partial charge on any atom is -0.383 e. The first-order chi connectivity index (χ1) is 14.5. The highest BCUT2D eigenvalue weighted by molar-refractivity contribution is 5.90. The van der Waals surface area contributed by atoms with E-state index in [4.69, 9.17) is 19.8 Å². The van der Waals surface area contributed by atoms with Crippen LogP contribution in [0.2, 0.25) is 0 Å². The van der Waals surface area contributed by atoms with Crippen molar-refractivity contribution in [1.29, 1.82) is 0 Å². The third-order valence-corrected chi connectivity index (χ3v) is 5.43. The molecule has 1 fully saturated rings. The van der Waals surface area contributed by atoms with Gasteiger partial charge in [0, 0.05) is 38.5 Å². The molecule has 0 bridgehead atoms. The second-order valence-electron chi connectivity index (χ2n) is 8.03. The number of anilines is 3. The van der Waals surface area contributed by atoms with Gasteiger partial charge in [-0.15, -0.1) is 0 Å². The molecule has 0 spiro atoms. The van der Waals surface area contributed by atoms with Gasteiger partial charge in [0.25, 0.3) is 0 Å². The first kappa shape index (κ1) is 20.5. The van der Waals surface area contributed by atoms with Gasteiger partial charge in [-0.05, 0) is 39.3 Å². The molecule has 0 saturated carbocycles. The number of ether oxygens (including phenoxy) is 1. The summed E-state index contributed by atoms with van der Waals surface area (Å²) in [7, 11) is 1.69. The molecule has 1 saturated heterocycles. The van der Waals surface area contributed by atoms with Gasteiger partial charge in [0.15, 0.2) is 5.82 Å². The predicted octanol–water partition coefficient (Wildman–Crippen LogP) is 2.41. The van der Waals surface area contributed by atoms with E-state index in [1.165, 1.54) is 0 Å². The smallest absolute Gasteiger partial charge is 0.228 e. The summed E-state index contributed by atoms with van der Waals surface area (Å²) in [5.41, 5.74) is 3.70. The number of hydrogen-bond acceptors (Lipinski definition) is 8. The molecule has 0 radical (unpaired) electrons. The Kier molecular flexibility index (Phi) is 5.83. The highest BCUT2D eigenvalue weighted by atomic mass is 16.5. The van der Waals surface area contributed by atoms with Crippen molar-refractivity contribution < 1.29 is 4.74 Å². The van der Waals surface area contributed by atoms with E-state index >= 15 is 0 Å². The molecule has 0 aromatic carbocycles. The first-order valence-corrected chi connectivity index (χ1v) is 10.4. The van der Waals surface area contributed by atoms with Gasteiger partial charge >= 0.3 is 0 Å². The number of aryl methyl sites for hydroxylation is 2. The molecule has 0 unspecified atom stereocenters. The SMILES string of the molecule is COCCn1nc(C)c2nc(N3C[C@@H](C)NC[C@@H]3C)nc(Nc3ccc(C)cn3)c21. The molecule has 9 heteroatoms. The Morgan fingerprint density at radius 2 is 2.07 bits per heavy atom. The zero-order valence-electron chi connectivity index (χ0n) is 18.3. The molecule has 3 aromatic rings. The highest BCUT2D eigenvalue weighted by Gasteiger charge is 2.27. The van der Waals surface area contributed by atoms with Crippen LogP contribution in [0.25, 0.3) is 11.0 Å². The lowest BCUT2D eigenvalue weighted by Crippen LogP contribution is -2.55. The van der Waals surface area contributed by atoms with Gasteiger partial charge in [-0.3, -0.25) is 4.68 Å². The summed E-state index contributed by atoms with van der Waals surface area (Å²) in [5.74, 6) is 2.17. The van der Waals surface area contributed by atoms with E-state index in [9.17, 15) is 0 Å². The maximum atomic E-state index is 5.27. The fourth-order valence-corrected chi connectivity index (χ4v) is 3.74. The number of hydrogen-bond donors (Lipinski definition) is 2. The van der Waals surface area contributed by atoms with Crippen LogP contribution in [0.1, 0.15) is 25.1 Å². The van der Waals surface area contributed by atoms with Crippen LogP contribution in [-0.2, 0) is 11.3 Å². The Hall–Kier alpha value is -2.78. The zero-order valence-corrected chi connectivity index (χ0v) is 18.3. The molecule has 2 atom stereocenters. The van der Waals surface area contributed by atoms with Crippen LogP contribution < -0.4 is 15.5 Å². The minimum absolute atomic E-state index is 0.299. The standard InChI is InChI=1S/C21H30N8O/c1-13-6-7-17(23-10-13)24-20-19-18(16(4)27-29(19)8-9-30-5)25-21(26-20)28-12-14(2)22-11-15(28)3/h6-7,10,14-15,22H,8-9,11-12H2,1-5H3,(H,23,24,25,26)/t14-,15+/m1/s1. The second kappa shape index (κ2) is 8.53. The predicted molar refractivity (Wildman–Crippen MR) is 118 cm³/mol. The summed E-state index contributed by atoms with van der Waals surface area (Å²) in [6, 6.07) is 4.66. The quantitative estimate of drug-likeness (QED) is 0.640. The third kappa shape index (κ3) is 4.08. The lowest BCUT2D eigenvalue weighted by atomic mass is 10.1. The molecule has 1 aliphatic heterocycles. The van der Waals surface area contributed by atoms with Crippen molar-refractivity contribution in [2.45, 2.75) is 46.3 Å². The van der Waals surface area contributed by atoms with Crippen LogP contribution in [0.15, 0.2) is 18.3 Å². The average Bonchev–Trinajstić information content (AvgIpc) is 3.05. The molecule has 1 aliphatic rings. The Labute approximate surface area is 176 Å². The molecule has 3 aromatic heterocycles. The van der Waals surface area contributed by atoms with Crippen molar-refractivity contribution in [3.63, 3.8) is 0 Å². The van der Waals surface area contributed by atoms with Crippen molar-refractivity contribution >= 4 is 28.6 Å². The number of fused-ring (bicyclic) bond motifs is 1. The second-order valence-corrected chi connectivity index (χ2v) is 8.03. The topological polar surface area (TPSA) is 93.0 Å². The Morgan fingerprint density at radius 3 is 2.80 bits per heavy atom. The summed E-state index contributed by atoms with van der Waals surface area (Å²) in [6.07, 6.45) is 1.84. The number of nitrogens with zero attached hydrogens (tertiary/aromatic N) is 6. The fraction of sp³-hybridized carbons (Fsp3) is 0.524. The lowest BCUT2D eigenvalue weighted by molar-refractivity contribution is 0.185. The van der Waals surface area contributed by atoms with Crippen LogP contribution in [0.5, 0.6) is 0 Å². The van der Waals surface area contributed by atoms with Crippen molar-refractivity contribution in [3.05, 3.63) is 29.6 Å². The number of nitrogens with one attached hydrogen (secondary N) is 2. The van der Waals surface area contributed by atoms with E-state index in [0.29, 0.717) is 37.0 Å². The molecule has 4 heterocycles. The van der Waals surface area contributed by atoms with Crippen molar-refractivity contribution in [2.24, 2.45) is 0 Å². The lowest BCUT2D eigenvalue weighted by Gasteiger charge is -2.37. The molecule has 4 rings (SSSR count). The van der Waals surface area contributed by atoms with Crippen molar-refractivity contribution in [1.82, 2.24) is 30.0 Å². The highest BCUT2D eigenvalue weighted by Crippen LogP contribution is 2.29. The maximum Gasteiger partial charge on any atom is 0.228 e. The van der Waals surface area contributed by atoms with E-state index in [1.807, 2.05) is 36.9 Å². The summed E-state index contributed by atoms with van der Waals surface area (Å²) in [6.45, 7) is 11.3. The summed E-state index contributed by atoms with van der Waals surface area (Å²) in [4.78, 5) is 16.6. The number of methoxy groups -OCH3 is 1. The van der Waals surface area contributed by atoms with Crippen molar-refractivity contribution in [3.8, 4) is 0 Å². The number of piperazine rings is 1. The average molecular weight is 411 g/mol. The van der Waals surface area contributed by atoms with Gasteiger partial charge in [-0.2, -0.15) is 10.1 Å². The van der Waals surface area contributed by atoms with Crippen LogP contribution in [0, 0.1) is 13.8 Å².